The molecule has 150 valence electrons. The Balaban J connectivity index is 1.41. The smallest absolute Gasteiger partial charge is 0.269 e. The van der Waals surface area contributed by atoms with Gasteiger partial charge < -0.3 is 4.42 Å². The molecule has 0 bridgehead atoms. The Hall–Kier alpha value is -3.79. The summed E-state index contributed by atoms with van der Waals surface area (Å²) in [6, 6.07) is 15.9. The largest absolute Gasteiger partial charge is 0.419 e. The number of benzene rings is 2. The second kappa shape index (κ2) is 8.70. The number of aromatic nitrogens is 5. The third-order valence-electron chi connectivity index (χ3n) is 4.11. The predicted molar refractivity (Wildman–Crippen MR) is 112 cm³/mol. The van der Waals surface area contributed by atoms with Gasteiger partial charge >= 0.3 is 0 Å². The third kappa shape index (κ3) is 4.61. The van der Waals surface area contributed by atoms with Crippen molar-refractivity contribution in [3.8, 4) is 11.5 Å². The summed E-state index contributed by atoms with van der Waals surface area (Å²) in [6.07, 6.45) is 3.81. The maximum absolute atomic E-state index is 10.8. The highest BCUT2D eigenvalue weighted by molar-refractivity contribution is 7.99. The molecule has 1 atom stereocenters. The SMILES string of the molecule is CC(Sc1n[nH]c(/C=C/c2ccccc2)n1)c1nnc(-c2ccc([N+](=O)[O-])cc2)o1. The van der Waals surface area contributed by atoms with Gasteiger partial charge in [-0.05, 0) is 30.7 Å². The first-order valence-electron chi connectivity index (χ1n) is 8.99. The molecule has 0 amide bonds. The van der Waals surface area contributed by atoms with Gasteiger partial charge in [0.25, 0.3) is 5.69 Å². The first-order chi connectivity index (χ1) is 14.6. The number of non-ortho nitro benzene ring substituents is 1. The van der Waals surface area contributed by atoms with Crippen molar-refractivity contribution in [1.29, 1.82) is 0 Å². The topological polar surface area (TPSA) is 124 Å². The van der Waals surface area contributed by atoms with Crippen LogP contribution in [0.3, 0.4) is 0 Å². The Morgan fingerprint density at radius 1 is 1.10 bits per heavy atom. The van der Waals surface area contributed by atoms with Gasteiger partial charge in [0, 0.05) is 17.7 Å². The van der Waals surface area contributed by atoms with Gasteiger partial charge in [0.15, 0.2) is 0 Å². The van der Waals surface area contributed by atoms with Gasteiger partial charge in [-0.2, -0.15) is 0 Å². The van der Waals surface area contributed by atoms with Crippen LogP contribution in [-0.2, 0) is 0 Å². The van der Waals surface area contributed by atoms with E-state index in [4.69, 9.17) is 4.42 Å². The standard InChI is InChI=1S/C20H16N6O3S/c1-13(18-23-24-19(29-18)15-8-10-16(11-9-15)26(27)28)30-20-21-17(22-25-20)12-7-14-5-3-2-4-6-14/h2-13H,1H3,(H,21,22,25)/b12-7+. The molecule has 0 aliphatic heterocycles. The molecule has 9 nitrogen and oxygen atoms in total. The van der Waals surface area contributed by atoms with Crippen molar-refractivity contribution in [3.63, 3.8) is 0 Å². The number of nitro benzene ring substituents is 1. The van der Waals surface area contributed by atoms with E-state index in [2.05, 4.69) is 25.4 Å². The van der Waals surface area contributed by atoms with E-state index in [1.165, 1.54) is 23.9 Å². The van der Waals surface area contributed by atoms with Gasteiger partial charge in [0.05, 0.1) is 10.2 Å². The van der Waals surface area contributed by atoms with Crippen LogP contribution in [0.2, 0.25) is 0 Å². The average Bonchev–Trinajstić information content (AvgIpc) is 3.43. The van der Waals surface area contributed by atoms with Crippen molar-refractivity contribution in [2.45, 2.75) is 17.3 Å². The van der Waals surface area contributed by atoms with E-state index in [0.29, 0.717) is 28.3 Å². The second-order valence-electron chi connectivity index (χ2n) is 6.26. The fourth-order valence-electron chi connectivity index (χ4n) is 2.57. The average molecular weight is 420 g/mol. The maximum atomic E-state index is 10.8. The fraction of sp³-hybridized carbons (Fsp3) is 0.100. The van der Waals surface area contributed by atoms with Crippen LogP contribution in [-0.4, -0.2) is 30.3 Å². The molecule has 0 aliphatic rings. The van der Waals surface area contributed by atoms with E-state index in [-0.39, 0.29) is 10.9 Å². The lowest BCUT2D eigenvalue weighted by molar-refractivity contribution is -0.384. The lowest BCUT2D eigenvalue weighted by atomic mass is 10.2. The van der Waals surface area contributed by atoms with Crippen LogP contribution in [0.15, 0.2) is 64.2 Å². The molecule has 0 aliphatic carbocycles. The normalized spacial score (nSPS) is 12.3. The highest BCUT2D eigenvalue weighted by atomic mass is 32.2. The monoisotopic (exact) mass is 420 g/mol. The molecule has 0 fully saturated rings. The minimum atomic E-state index is -0.456. The van der Waals surface area contributed by atoms with Crippen molar-refractivity contribution in [3.05, 3.63) is 82.0 Å². The summed E-state index contributed by atoms with van der Waals surface area (Å²) in [7, 11) is 0. The molecule has 10 heteroatoms. The summed E-state index contributed by atoms with van der Waals surface area (Å²) in [4.78, 5) is 14.7. The Kier molecular flexibility index (Phi) is 5.66. The molecule has 2 aromatic carbocycles. The molecule has 2 heterocycles. The first kappa shape index (κ1) is 19.5. The Bertz CT molecular complexity index is 1170. The van der Waals surface area contributed by atoms with Gasteiger partial charge in [-0.3, -0.25) is 15.2 Å². The second-order valence-corrected chi connectivity index (χ2v) is 7.56. The molecule has 4 rings (SSSR count). The van der Waals surface area contributed by atoms with Crippen molar-refractivity contribution in [2.24, 2.45) is 0 Å². The number of aromatic amines is 1. The maximum Gasteiger partial charge on any atom is 0.269 e. The molecular formula is C20H16N6O3S. The van der Waals surface area contributed by atoms with Gasteiger partial charge in [-0.25, -0.2) is 4.98 Å². The Morgan fingerprint density at radius 3 is 2.60 bits per heavy atom. The molecular weight excluding hydrogens is 404 g/mol. The summed E-state index contributed by atoms with van der Waals surface area (Å²) >= 11 is 1.38. The number of rotatable bonds is 7. The summed E-state index contributed by atoms with van der Waals surface area (Å²) < 4.78 is 5.72. The molecule has 0 radical (unpaired) electrons. The number of thioether (sulfide) groups is 1. The zero-order valence-corrected chi connectivity index (χ0v) is 16.6. The molecule has 0 saturated heterocycles. The molecule has 2 aromatic heterocycles. The highest BCUT2D eigenvalue weighted by Gasteiger charge is 2.18. The minimum absolute atomic E-state index is 0.00383. The van der Waals surface area contributed by atoms with Gasteiger partial charge in [0.1, 0.15) is 5.82 Å². The van der Waals surface area contributed by atoms with Crippen molar-refractivity contribution < 1.29 is 9.34 Å². The number of H-pyrrole nitrogens is 1. The van der Waals surface area contributed by atoms with E-state index in [1.54, 1.807) is 12.1 Å². The summed E-state index contributed by atoms with van der Waals surface area (Å²) in [5.74, 6) is 1.36. The first-order valence-corrected chi connectivity index (χ1v) is 9.87. The van der Waals surface area contributed by atoms with E-state index in [1.807, 2.05) is 49.4 Å². The summed E-state index contributed by atoms with van der Waals surface area (Å²) in [6.45, 7) is 1.91. The van der Waals surface area contributed by atoms with Crippen LogP contribution in [0.1, 0.15) is 29.5 Å². The number of hydrogen-bond acceptors (Lipinski definition) is 8. The van der Waals surface area contributed by atoms with Gasteiger partial charge in [-0.15, -0.1) is 15.3 Å². The lowest BCUT2D eigenvalue weighted by Gasteiger charge is -2.02. The van der Waals surface area contributed by atoms with Crippen LogP contribution in [0.4, 0.5) is 5.69 Å². The van der Waals surface area contributed by atoms with Crippen LogP contribution in [0, 0.1) is 10.1 Å². The quantitative estimate of drug-likeness (QED) is 0.257. The number of hydrogen-bond donors (Lipinski definition) is 1. The van der Waals surface area contributed by atoms with Crippen molar-refractivity contribution in [2.75, 3.05) is 0 Å². The van der Waals surface area contributed by atoms with Crippen molar-refractivity contribution >= 4 is 29.6 Å². The van der Waals surface area contributed by atoms with E-state index in [9.17, 15) is 10.1 Å². The van der Waals surface area contributed by atoms with E-state index >= 15 is 0 Å². The molecule has 1 N–H and O–H groups in total. The van der Waals surface area contributed by atoms with Crippen LogP contribution < -0.4 is 0 Å². The van der Waals surface area contributed by atoms with Crippen LogP contribution in [0.5, 0.6) is 0 Å². The predicted octanol–water partition coefficient (Wildman–Crippen LogP) is 4.79. The Morgan fingerprint density at radius 2 is 1.87 bits per heavy atom. The summed E-state index contributed by atoms with van der Waals surface area (Å²) in [5.41, 5.74) is 1.69. The van der Waals surface area contributed by atoms with Crippen LogP contribution >= 0.6 is 11.8 Å². The molecule has 30 heavy (non-hydrogen) atoms. The number of nitro groups is 1. The lowest BCUT2D eigenvalue weighted by Crippen LogP contribution is -1.89. The van der Waals surface area contributed by atoms with E-state index < -0.39 is 4.92 Å². The minimum Gasteiger partial charge on any atom is -0.419 e. The van der Waals surface area contributed by atoms with Gasteiger partial charge in [0.2, 0.25) is 16.9 Å². The molecule has 4 aromatic rings. The van der Waals surface area contributed by atoms with E-state index in [0.717, 1.165) is 5.56 Å². The Labute approximate surface area is 175 Å². The summed E-state index contributed by atoms with van der Waals surface area (Å²) in [5, 5.41) is 26.4. The number of nitrogens with one attached hydrogen (secondary N) is 1. The molecule has 0 saturated carbocycles. The molecule has 0 spiro atoms. The zero-order valence-electron chi connectivity index (χ0n) is 15.8. The fourth-order valence-corrected chi connectivity index (χ4v) is 3.34. The highest BCUT2D eigenvalue weighted by Crippen LogP contribution is 2.33. The van der Waals surface area contributed by atoms with Crippen molar-refractivity contribution in [1.82, 2.24) is 25.4 Å². The van der Waals surface area contributed by atoms with Crippen LogP contribution in [0.25, 0.3) is 23.6 Å². The third-order valence-corrected chi connectivity index (χ3v) is 5.06. The molecule has 1 unspecified atom stereocenters. The zero-order chi connectivity index (χ0) is 20.9. The number of nitrogens with zero attached hydrogens (tertiary/aromatic N) is 5. The van der Waals surface area contributed by atoms with Gasteiger partial charge in [-0.1, -0.05) is 48.2 Å².